The first-order valence-corrected chi connectivity index (χ1v) is 8.07. The van der Waals surface area contributed by atoms with Crippen molar-refractivity contribution in [2.45, 2.75) is 26.2 Å². The minimum Gasteiger partial charge on any atom is -0.330 e. The number of nitrogens with zero attached hydrogens (tertiary/aromatic N) is 1. The van der Waals surface area contributed by atoms with E-state index in [2.05, 4.69) is 6.92 Å². The molecule has 1 aliphatic heterocycles. The number of unbranched alkanes of at least 4 members (excludes halogenated alkanes) is 1. The van der Waals surface area contributed by atoms with Gasteiger partial charge in [-0.2, -0.15) is 11.8 Å². The minimum atomic E-state index is -0.581. The molecule has 6 heteroatoms. The number of hydrogen-bond donors (Lipinski definition) is 0. The summed E-state index contributed by atoms with van der Waals surface area (Å²) in [6.07, 6.45) is 2.41. The van der Waals surface area contributed by atoms with Crippen molar-refractivity contribution in [3.8, 4) is 0 Å². The van der Waals surface area contributed by atoms with E-state index in [0.29, 0.717) is 10.8 Å². The van der Waals surface area contributed by atoms with Crippen LogP contribution < -0.4 is 0 Å². The summed E-state index contributed by atoms with van der Waals surface area (Å²) in [5, 5.41) is 0.559. The van der Waals surface area contributed by atoms with Gasteiger partial charge in [-0.1, -0.05) is 30.5 Å². The second-order valence-corrected chi connectivity index (χ2v) is 5.85. The molecule has 112 valence electrons. The molecule has 0 aromatic heterocycles. The van der Waals surface area contributed by atoms with Crippen LogP contribution in [0.5, 0.6) is 0 Å². The van der Waals surface area contributed by atoms with E-state index in [-0.39, 0.29) is 17.5 Å². The third-order valence-corrected chi connectivity index (χ3v) is 4.11. The maximum atomic E-state index is 12.0. The number of fused-ring (bicyclic) bond motifs is 1. The lowest BCUT2D eigenvalue weighted by atomic mass is 10.1. The lowest BCUT2D eigenvalue weighted by molar-refractivity contribution is -0.167. The maximum Gasteiger partial charge on any atom is 0.334 e. The average molecular weight is 307 g/mol. The molecule has 2 rings (SSSR count). The van der Waals surface area contributed by atoms with E-state index in [1.54, 1.807) is 36.0 Å². The molecule has 0 bridgehead atoms. The highest BCUT2D eigenvalue weighted by atomic mass is 32.2. The Morgan fingerprint density at radius 1 is 1.14 bits per heavy atom. The van der Waals surface area contributed by atoms with Gasteiger partial charge in [0.05, 0.1) is 17.5 Å². The molecule has 0 saturated carbocycles. The van der Waals surface area contributed by atoms with Crippen LogP contribution in [-0.2, 0) is 9.63 Å². The quantitative estimate of drug-likeness (QED) is 0.572. The van der Waals surface area contributed by atoms with E-state index < -0.39 is 17.8 Å². The molecule has 2 amide bonds. The molecular weight excluding hydrogens is 290 g/mol. The summed E-state index contributed by atoms with van der Waals surface area (Å²) in [5.74, 6) is -0.0996. The summed E-state index contributed by atoms with van der Waals surface area (Å²) in [6, 6.07) is 6.42. The van der Waals surface area contributed by atoms with Gasteiger partial charge >= 0.3 is 5.97 Å². The Hall–Kier alpha value is -1.82. The first-order valence-electron chi connectivity index (χ1n) is 6.91. The fourth-order valence-corrected chi connectivity index (χ4v) is 2.91. The lowest BCUT2D eigenvalue weighted by Gasteiger charge is -2.12. The van der Waals surface area contributed by atoms with Gasteiger partial charge < -0.3 is 4.84 Å². The van der Waals surface area contributed by atoms with Crippen LogP contribution in [-0.4, -0.2) is 34.4 Å². The molecule has 1 aliphatic rings. The van der Waals surface area contributed by atoms with Crippen LogP contribution in [0.2, 0.25) is 0 Å². The first kappa shape index (κ1) is 15.6. The van der Waals surface area contributed by atoms with Gasteiger partial charge in [0, 0.05) is 5.75 Å². The van der Waals surface area contributed by atoms with Crippen LogP contribution in [0.25, 0.3) is 0 Å². The van der Waals surface area contributed by atoms with Crippen molar-refractivity contribution in [2.24, 2.45) is 0 Å². The van der Waals surface area contributed by atoms with Crippen molar-refractivity contribution < 1.29 is 19.2 Å². The van der Waals surface area contributed by atoms with E-state index in [0.717, 1.165) is 18.6 Å². The molecule has 0 spiro atoms. The smallest absolute Gasteiger partial charge is 0.330 e. The second kappa shape index (κ2) is 7.26. The molecule has 1 aromatic carbocycles. The Morgan fingerprint density at radius 2 is 1.76 bits per heavy atom. The van der Waals surface area contributed by atoms with E-state index in [4.69, 9.17) is 4.84 Å². The molecule has 21 heavy (non-hydrogen) atoms. The van der Waals surface area contributed by atoms with Gasteiger partial charge in [-0.25, -0.2) is 4.79 Å². The van der Waals surface area contributed by atoms with Crippen molar-refractivity contribution in [1.29, 1.82) is 0 Å². The Morgan fingerprint density at radius 3 is 2.33 bits per heavy atom. The number of thioether (sulfide) groups is 1. The molecule has 0 aliphatic carbocycles. The number of carbonyl (C=O) groups is 3. The third kappa shape index (κ3) is 3.64. The number of hydroxylamine groups is 2. The zero-order valence-corrected chi connectivity index (χ0v) is 12.6. The zero-order chi connectivity index (χ0) is 15.2. The molecular formula is C15H17NO4S. The molecule has 0 atom stereocenters. The van der Waals surface area contributed by atoms with Gasteiger partial charge in [-0.15, -0.1) is 0 Å². The zero-order valence-electron chi connectivity index (χ0n) is 11.8. The van der Waals surface area contributed by atoms with Gasteiger partial charge in [0.1, 0.15) is 0 Å². The van der Waals surface area contributed by atoms with Crippen molar-refractivity contribution in [3.05, 3.63) is 35.4 Å². The second-order valence-electron chi connectivity index (χ2n) is 4.63. The summed E-state index contributed by atoms with van der Waals surface area (Å²) >= 11 is 1.66. The van der Waals surface area contributed by atoms with Crippen LogP contribution in [0.4, 0.5) is 0 Å². The predicted octanol–water partition coefficient (Wildman–Crippen LogP) is 2.66. The van der Waals surface area contributed by atoms with Gasteiger partial charge in [0.25, 0.3) is 11.8 Å². The predicted molar refractivity (Wildman–Crippen MR) is 79.9 cm³/mol. The van der Waals surface area contributed by atoms with Gasteiger partial charge in [0.2, 0.25) is 0 Å². The van der Waals surface area contributed by atoms with Gasteiger partial charge in [-0.3, -0.25) is 9.59 Å². The van der Waals surface area contributed by atoms with E-state index in [9.17, 15) is 14.4 Å². The summed E-state index contributed by atoms with van der Waals surface area (Å²) in [7, 11) is 0. The van der Waals surface area contributed by atoms with Crippen molar-refractivity contribution in [1.82, 2.24) is 5.06 Å². The molecule has 0 fully saturated rings. The number of amides is 2. The van der Waals surface area contributed by atoms with Crippen molar-refractivity contribution in [3.63, 3.8) is 0 Å². The maximum absolute atomic E-state index is 12.0. The fourth-order valence-electron chi connectivity index (χ4n) is 1.90. The van der Waals surface area contributed by atoms with Crippen molar-refractivity contribution >= 4 is 29.5 Å². The SMILES string of the molecule is CCCCSCCC(=O)ON1C(=O)c2ccccc2C1=O. The Balaban J connectivity index is 1.86. The molecule has 0 N–H and O–H groups in total. The van der Waals surface area contributed by atoms with Crippen LogP contribution in [0.15, 0.2) is 24.3 Å². The first-order chi connectivity index (χ1) is 10.1. The van der Waals surface area contributed by atoms with Gasteiger partial charge in [0.15, 0.2) is 0 Å². The standard InChI is InChI=1S/C15H17NO4S/c1-2-3-9-21-10-8-13(17)20-16-14(18)11-6-4-5-7-12(11)15(16)19/h4-7H,2-3,8-10H2,1H3. The molecule has 0 saturated heterocycles. The minimum absolute atomic E-state index is 0.182. The molecule has 1 aromatic rings. The van der Waals surface area contributed by atoms with E-state index in [1.165, 1.54) is 0 Å². The lowest BCUT2D eigenvalue weighted by Crippen LogP contribution is -2.32. The highest BCUT2D eigenvalue weighted by Gasteiger charge is 2.38. The van der Waals surface area contributed by atoms with Gasteiger partial charge in [-0.05, 0) is 24.3 Å². The van der Waals surface area contributed by atoms with Crippen LogP contribution in [0, 0.1) is 0 Å². The Kier molecular flexibility index (Phi) is 5.38. The Bertz CT molecular complexity index is 523. The number of benzene rings is 1. The fraction of sp³-hybridized carbons (Fsp3) is 0.400. The number of carbonyl (C=O) groups excluding carboxylic acids is 3. The largest absolute Gasteiger partial charge is 0.334 e. The van der Waals surface area contributed by atoms with Crippen molar-refractivity contribution in [2.75, 3.05) is 11.5 Å². The van der Waals surface area contributed by atoms with Crippen LogP contribution in [0.1, 0.15) is 46.9 Å². The van der Waals surface area contributed by atoms with Crippen LogP contribution >= 0.6 is 11.8 Å². The average Bonchev–Trinajstić information content (AvgIpc) is 2.73. The molecule has 0 unspecified atom stereocenters. The normalized spacial score (nSPS) is 13.5. The topological polar surface area (TPSA) is 63.7 Å². The highest BCUT2D eigenvalue weighted by Crippen LogP contribution is 2.22. The van der Waals surface area contributed by atoms with Crippen LogP contribution in [0.3, 0.4) is 0 Å². The summed E-state index contributed by atoms with van der Waals surface area (Å²) in [4.78, 5) is 40.6. The summed E-state index contributed by atoms with van der Waals surface area (Å²) in [5.41, 5.74) is 0.542. The highest BCUT2D eigenvalue weighted by molar-refractivity contribution is 7.99. The summed E-state index contributed by atoms with van der Waals surface area (Å²) < 4.78 is 0. The van der Waals surface area contributed by atoms with E-state index >= 15 is 0 Å². The summed E-state index contributed by atoms with van der Waals surface area (Å²) in [6.45, 7) is 2.11. The molecule has 5 nitrogen and oxygen atoms in total. The Labute approximate surface area is 127 Å². The number of rotatable bonds is 7. The number of imide groups is 1. The number of hydrogen-bond acceptors (Lipinski definition) is 5. The molecule has 1 heterocycles. The molecule has 0 radical (unpaired) electrons. The third-order valence-electron chi connectivity index (χ3n) is 3.04. The van der Waals surface area contributed by atoms with E-state index in [1.807, 2.05) is 0 Å². The monoisotopic (exact) mass is 307 g/mol.